The third kappa shape index (κ3) is 5.80. The minimum atomic E-state index is -4.07. The van der Waals surface area contributed by atoms with Crippen LogP contribution in [0.3, 0.4) is 0 Å². The molecule has 202 valence electrons. The lowest BCUT2D eigenvalue weighted by Gasteiger charge is -2.37. The van der Waals surface area contributed by atoms with Gasteiger partial charge in [-0.2, -0.15) is 0 Å². The molecule has 0 atom stereocenters. The van der Waals surface area contributed by atoms with Crippen molar-refractivity contribution in [3.63, 3.8) is 0 Å². The van der Waals surface area contributed by atoms with Crippen molar-refractivity contribution < 1.29 is 27.4 Å². The van der Waals surface area contributed by atoms with E-state index in [1.165, 1.54) is 14.2 Å². The van der Waals surface area contributed by atoms with E-state index < -0.39 is 10.0 Å². The van der Waals surface area contributed by atoms with E-state index in [-0.39, 0.29) is 28.8 Å². The second-order valence-corrected chi connectivity index (χ2v) is 10.8. The maximum Gasteiger partial charge on any atom is 0.264 e. The molecule has 4 rings (SSSR count). The molecule has 38 heavy (non-hydrogen) atoms. The van der Waals surface area contributed by atoms with E-state index in [4.69, 9.17) is 14.2 Å². The zero-order chi connectivity index (χ0) is 27.3. The third-order valence-corrected chi connectivity index (χ3v) is 8.39. The molecule has 1 fully saturated rings. The fraction of sp³-hybridized carbons (Fsp3) is 0.321. The monoisotopic (exact) mass is 539 g/mol. The van der Waals surface area contributed by atoms with Crippen molar-refractivity contribution >= 4 is 27.3 Å². The molecule has 0 aromatic heterocycles. The van der Waals surface area contributed by atoms with Crippen LogP contribution in [0.4, 0.5) is 11.4 Å². The van der Waals surface area contributed by atoms with Crippen LogP contribution in [0.25, 0.3) is 0 Å². The third-order valence-electron chi connectivity index (χ3n) is 6.61. The van der Waals surface area contributed by atoms with Gasteiger partial charge in [-0.3, -0.25) is 9.10 Å². The maximum absolute atomic E-state index is 13.8. The molecule has 0 saturated carbocycles. The number of aryl methyl sites for hydroxylation is 1. The van der Waals surface area contributed by atoms with Gasteiger partial charge in [0.15, 0.2) is 0 Å². The summed E-state index contributed by atoms with van der Waals surface area (Å²) in [6, 6.07) is 19.2. The number of piperazine rings is 1. The summed E-state index contributed by atoms with van der Waals surface area (Å²) in [5.74, 6) is 1.30. The lowest BCUT2D eigenvalue weighted by Crippen LogP contribution is -2.52. The minimum Gasteiger partial charge on any atom is -0.497 e. The Morgan fingerprint density at radius 3 is 2.00 bits per heavy atom. The van der Waals surface area contributed by atoms with Crippen LogP contribution in [0.15, 0.2) is 71.6 Å². The van der Waals surface area contributed by atoms with Gasteiger partial charge in [0.05, 0.1) is 31.9 Å². The Kier molecular flexibility index (Phi) is 8.31. The van der Waals surface area contributed by atoms with Crippen LogP contribution in [0, 0.1) is 6.92 Å². The van der Waals surface area contributed by atoms with Crippen LogP contribution in [0.5, 0.6) is 17.2 Å². The standard InChI is InChI=1S/C28H33N3O6S/c1-21-5-12-25(13-6-21)38(33,34)31(26-14-11-24(36-3)19-27(26)37-4)20-28(32)30-17-15-29(16-18-30)22-7-9-23(35-2)10-8-22/h5-14,19H,15-18,20H2,1-4H3. The van der Waals surface area contributed by atoms with E-state index in [1.54, 1.807) is 54.5 Å². The number of hydrogen-bond acceptors (Lipinski definition) is 7. The van der Waals surface area contributed by atoms with Crippen molar-refractivity contribution in [3.05, 3.63) is 72.3 Å². The summed E-state index contributed by atoms with van der Waals surface area (Å²) in [6.45, 7) is 3.74. The summed E-state index contributed by atoms with van der Waals surface area (Å²) >= 11 is 0. The van der Waals surface area contributed by atoms with E-state index >= 15 is 0 Å². The highest BCUT2D eigenvalue weighted by atomic mass is 32.2. The minimum absolute atomic E-state index is 0.0955. The van der Waals surface area contributed by atoms with Gasteiger partial charge < -0.3 is 24.0 Å². The average molecular weight is 540 g/mol. The Balaban J connectivity index is 1.57. The van der Waals surface area contributed by atoms with Crippen molar-refractivity contribution in [1.82, 2.24) is 4.90 Å². The first-order valence-corrected chi connectivity index (χ1v) is 13.7. The number of anilines is 2. The van der Waals surface area contributed by atoms with Gasteiger partial charge in [-0.05, 0) is 55.5 Å². The van der Waals surface area contributed by atoms with Gasteiger partial charge in [0.25, 0.3) is 10.0 Å². The number of rotatable bonds is 9. The predicted molar refractivity (Wildman–Crippen MR) is 147 cm³/mol. The smallest absolute Gasteiger partial charge is 0.264 e. The fourth-order valence-electron chi connectivity index (χ4n) is 4.36. The summed E-state index contributed by atoms with van der Waals surface area (Å²) in [5, 5.41) is 0. The summed E-state index contributed by atoms with van der Waals surface area (Å²) < 4.78 is 44.8. The molecule has 9 nitrogen and oxygen atoms in total. The quantitative estimate of drug-likeness (QED) is 0.411. The first-order chi connectivity index (χ1) is 18.3. The van der Waals surface area contributed by atoms with Gasteiger partial charge in [-0.15, -0.1) is 0 Å². The topological polar surface area (TPSA) is 88.6 Å². The van der Waals surface area contributed by atoms with Crippen LogP contribution < -0.4 is 23.4 Å². The van der Waals surface area contributed by atoms with Crippen LogP contribution >= 0.6 is 0 Å². The summed E-state index contributed by atoms with van der Waals surface area (Å²) in [4.78, 5) is 17.5. The van der Waals surface area contributed by atoms with Crippen LogP contribution in [-0.4, -0.2) is 73.3 Å². The molecule has 0 spiro atoms. The van der Waals surface area contributed by atoms with E-state index in [0.717, 1.165) is 21.3 Å². The number of benzene rings is 3. The second kappa shape index (κ2) is 11.6. The Labute approximate surface area is 224 Å². The van der Waals surface area contributed by atoms with Gasteiger partial charge in [-0.25, -0.2) is 8.42 Å². The van der Waals surface area contributed by atoms with Gasteiger partial charge >= 0.3 is 0 Å². The van der Waals surface area contributed by atoms with E-state index in [9.17, 15) is 13.2 Å². The zero-order valence-electron chi connectivity index (χ0n) is 22.1. The Bertz CT molecular complexity index is 1350. The number of nitrogens with zero attached hydrogens (tertiary/aromatic N) is 3. The van der Waals surface area contributed by atoms with Gasteiger partial charge in [-0.1, -0.05) is 17.7 Å². The number of carbonyl (C=O) groups is 1. The molecule has 1 heterocycles. The second-order valence-electron chi connectivity index (χ2n) is 8.93. The molecular formula is C28H33N3O6S. The molecule has 1 saturated heterocycles. The Morgan fingerprint density at radius 1 is 0.816 bits per heavy atom. The van der Waals surface area contributed by atoms with Crippen LogP contribution in [-0.2, 0) is 14.8 Å². The summed E-state index contributed by atoms with van der Waals surface area (Å²) in [7, 11) is 0.526. The summed E-state index contributed by atoms with van der Waals surface area (Å²) in [5.41, 5.74) is 2.24. The van der Waals surface area contributed by atoms with Crippen molar-refractivity contribution in [3.8, 4) is 17.2 Å². The summed E-state index contributed by atoms with van der Waals surface area (Å²) in [6.07, 6.45) is 0. The lowest BCUT2D eigenvalue weighted by atomic mass is 10.2. The SMILES string of the molecule is COc1ccc(N2CCN(C(=O)CN(c3ccc(OC)cc3OC)S(=O)(=O)c3ccc(C)cc3)CC2)cc1. The van der Waals surface area contributed by atoms with E-state index in [2.05, 4.69) is 4.90 Å². The molecule has 1 aliphatic heterocycles. The molecule has 10 heteroatoms. The average Bonchev–Trinajstić information content (AvgIpc) is 2.95. The first kappa shape index (κ1) is 27.1. The fourth-order valence-corrected chi connectivity index (χ4v) is 5.78. The highest BCUT2D eigenvalue weighted by Crippen LogP contribution is 2.35. The normalized spacial score (nSPS) is 13.7. The van der Waals surface area contributed by atoms with E-state index in [0.29, 0.717) is 31.9 Å². The first-order valence-electron chi connectivity index (χ1n) is 12.2. The molecule has 0 aliphatic carbocycles. The number of sulfonamides is 1. The van der Waals surface area contributed by atoms with Gasteiger partial charge in [0.1, 0.15) is 23.8 Å². The molecule has 0 radical (unpaired) electrons. The number of ether oxygens (including phenoxy) is 3. The molecular weight excluding hydrogens is 506 g/mol. The number of hydrogen-bond donors (Lipinski definition) is 0. The van der Waals surface area contributed by atoms with Gasteiger partial charge in [0.2, 0.25) is 5.91 Å². The predicted octanol–water partition coefficient (Wildman–Crippen LogP) is 3.56. The molecule has 1 amide bonds. The molecule has 0 bridgehead atoms. The van der Waals surface area contributed by atoms with Gasteiger partial charge in [0, 0.05) is 37.9 Å². The number of amides is 1. The molecule has 0 unspecified atom stereocenters. The number of methoxy groups -OCH3 is 3. The molecule has 3 aromatic rings. The van der Waals surface area contributed by atoms with Crippen molar-refractivity contribution in [1.29, 1.82) is 0 Å². The zero-order valence-corrected chi connectivity index (χ0v) is 22.9. The largest absolute Gasteiger partial charge is 0.497 e. The number of carbonyl (C=O) groups excluding carboxylic acids is 1. The molecule has 1 aliphatic rings. The highest BCUT2D eigenvalue weighted by molar-refractivity contribution is 7.92. The van der Waals surface area contributed by atoms with Crippen LogP contribution in [0.2, 0.25) is 0 Å². The van der Waals surface area contributed by atoms with Crippen LogP contribution in [0.1, 0.15) is 5.56 Å². The van der Waals surface area contributed by atoms with Crippen molar-refractivity contribution in [2.75, 3.05) is 63.3 Å². The highest BCUT2D eigenvalue weighted by Gasteiger charge is 2.32. The molecule has 0 N–H and O–H groups in total. The van der Waals surface area contributed by atoms with Crippen molar-refractivity contribution in [2.24, 2.45) is 0 Å². The Hall–Kier alpha value is -3.92. The molecule has 3 aromatic carbocycles. The van der Waals surface area contributed by atoms with E-state index in [1.807, 2.05) is 31.2 Å². The Morgan fingerprint density at radius 2 is 1.42 bits per heavy atom. The lowest BCUT2D eigenvalue weighted by molar-refractivity contribution is -0.129. The maximum atomic E-state index is 13.8. The van der Waals surface area contributed by atoms with Crippen molar-refractivity contribution in [2.45, 2.75) is 11.8 Å².